The van der Waals surface area contributed by atoms with Gasteiger partial charge < -0.3 is 5.21 Å². The lowest BCUT2D eigenvalue weighted by atomic mass is 10.2. The first-order valence-corrected chi connectivity index (χ1v) is 5.10. The van der Waals surface area contributed by atoms with Crippen molar-refractivity contribution in [2.24, 2.45) is 0 Å². The van der Waals surface area contributed by atoms with Crippen LogP contribution in [0.4, 0.5) is 0 Å². The Balaban J connectivity index is 0. The van der Waals surface area contributed by atoms with Crippen LogP contribution < -0.4 is 0 Å². The average molecular weight is 175 g/mol. The predicted molar refractivity (Wildman–Crippen MR) is 54.5 cm³/mol. The largest absolute Gasteiger partial charge is 0.313 e. The minimum absolute atomic E-state index is 0.287. The van der Waals surface area contributed by atoms with Crippen LogP contribution in [0.1, 0.15) is 54.4 Å². The summed E-state index contributed by atoms with van der Waals surface area (Å²) in [5.74, 6) is 0. The molecule has 2 atom stereocenters. The van der Waals surface area contributed by atoms with Crippen LogP contribution >= 0.6 is 0 Å². The van der Waals surface area contributed by atoms with Crippen molar-refractivity contribution in [3.63, 3.8) is 0 Å². The lowest BCUT2D eigenvalue weighted by molar-refractivity contribution is -0.152. The molecule has 12 heavy (non-hydrogen) atoms. The Morgan fingerprint density at radius 1 is 1.00 bits per heavy atom. The maximum absolute atomic E-state index is 9.42. The summed E-state index contributed by atoms with van der Waals surface area (Å²) in [5, 5.41) is 10.9. The topological polar surface area (TPSA) is 23.5 Å². The van der Waals surface area contributed by atoms with Gasteiger partial charge in [-0.1, -0.05) is 27.7 Å². The fraction of sp³-hybridized carbons (Fsp3) is 1.00. The van der Waals surface area contributed by atoms with Crippen LogP contribution in [0.25, 0.3) is 0 Å². The van der Waals surface area contributed by atoms with E-state index in [0.717, 1.165) is 12.8 Å². The fourth-order valence-corrected chi connectivity index (χ4v) is 0.809. The molecule has 0 aliphatic carbocycles. The van der Waals surface area contributed by atoms with Gasteiger partial charge in [0.2, 0.25) is 0 Å². The van der Waals surface area contributed by atoms with E-state index < -0.39 is 0 Å². The van der Waals surface area contributed by atoms with Crippen molar-refractivity contribution in [3.05, 3.63) is 0 Å². The Kier molecular flexibility index (Phi) is 10.8. The van der Waals surface area contributed by atoms with E-state index in [4.69, 9.17) is 0 Å². The molecule has 0 fully saturated rings. The van der Waals surface area contributed by atoms with E-state index in [9.17, 15) is 5.21 Å². The highest BCUT2D eigenvalue weighted by molar-refractivity contribution is 4.62. The molecule has 0 aromatic rings. The molecule has 0 rings (SSSR count). The van der Waals surface area contributed by atoms with Crippen LogP contribution in [0.2, 0.25) is 0 Å². The van der Waals surface area contributed by atoms with Crippen molar-refractivity contribution >= 4 is 0 Å². The highest BCUT2D eigenvalue weighted by Crippen LogP contribution is 2.06. The zero-order valence-electron chi connectivity index (χ0n) is 9.46. The summed E-state index contributed by atoms with van der Waals surface area (Å²) < 4.78 is 0. The highest BCUT2D eigenvalue weighted by atomic mass is 16.5. The summed E-state index contributed by atoms with van der Waals surface area (Å²) in [7, 11) is 0. The normalized spacial score (nSPS) is 15.0. The second kappa shape index (κ2) is 9.01. The summed E-state index contributed by atoms with van der Waals surface area (Å²) in [4.78, 5) is 0. The van der Waals surface area contributed by atoms with Crippen molar-refractivity contribution in [1.82, 2.24) is 5.06 Å². The first kappa shape index (κ1) is 14.4. The summed E-state index contributed by atoms with van der Waals surface area (Å²) in [6, 6.07) is 0.574. The number of hydroxylamine groups is 2. The Morgan fingerprint density at radius 2 is 1.25 bits per heavy atom. The third kappa shape index (κ3) is 5.56. The van der Waals surface area contributed by atoms with E-state index in [-0.39, 0.29) is 12.1 Å². The number of nitrogens with zero attached hydrogens (tertiary/aromatic N) is 1. The van der Waals surface area contributed by atoms with E-state index >= 15 is 0 Å². The third-order valence-corrected chi connectivity index (χ3v) is 2.08. The van der Waals surface area contributed by atoms with Gasteiger partial charge in [-0.2, -0.15) is 5.06 Å². The molecular weight excluding hydrogens is 150 g/mol. The average Bonchev–Trinajstić information content (AvgIpc) is 2.17. The van der Waals surface area contributed by atoms with E-state index in [1.807, 2.05) is 27.7 Å². The van der Waals surface area contributed by atoms with Crippen LogP contribution in [0.5, 0.6) is 0 Å². The first-order chi connectivity index (χ1) is 5.63. The van der Waals surface area contributed by atoms with Crippen LogP contribution in [-0.4, -0.2) is 22.4 Å². The predicted octanol–water partition coefficient (Wildman–Crippen LogP) is 3.30. The molecule has 0 bridgehead atoms. The van der Waals surface area contributed by atoms with Gasteiger partial charge in [-0.15, -0.1) is 0 Å². The molecule has 0 amide bonds. The molecule has 0 aliphatic heterocycles. The lowest BCUT2D eigenvalue weighted by Crippen LogP contribution is -2.36. The molecule has 1 N–H and O–H groups in total. The molecule has 76 valence electrons. The molecule has 0 saturated heterocycles. The third-order valence-electron chi connectivity index (χ3n) is 2.08. The highest BCUT2D eigenvalue weighted by Gasteiger charge is 2.13. The molecular formula is C10H25NO. The standard InChI is InChI=1S/C8H19NO.C2H6/c1-5-7(3)9(10)8(4)6-2;1-2/h7-8,10H,5-6H2,1-4H3;1-2H3. The zero-order valence-corrected chi connectivity index (χ0v) is 9.46. The van der Waals surface area contributed by atoms with Gasteiger partial charge in [-0.3, -0.25) is 0 Å². The van der Waals surface area contributed by atoms with Crippen molar-refractivity contribution in [2.45, 2.75) is 66.5 Å². The summed E-state index contributed by atoms with van der Waals surface area (Å²) in [5.41, 5.74) is 0. The summed E-state index contributed by atoms with van der Waals surface area (Å²) >= 11 is 0. The minimum atomic E-state index is 0.287. The van der Waals surface area contributed by atoms with Gasteiger partial charge in [0, 0.05) is 12.1 Å². The Labute approximate surface area is 77.5 Å². The first-order valence-electron chi connectivity index (χ1n) is 5.10. The van der Waals surface area contributed by atoms with Crippen LogP contribution in [-0.2, 0) is 0 Å². The monoisotopic (exact) mass is 175 g/mol. The Morgan fingerprint density at radius 3 is 1.42 bits per heavy atom. The molecule has 0 aliphatic rings. The molecule has 0 spiro atoms. The Hall–Kier alpha value is -0.0800. The van der Waals surface area contributed by atoms with Gasteiger partial charge in [0.1, 0.15) is 0 Å². The molecule has 0 aromatic heterocycles. The van der Waals surface area contributed by atoms with Gasteiger partial charge in [0.25, 0.3) is 0 Å². The second-order valence-electron chi connectivity index (χ2n) is 2.89. The summed E-state index contributed by atoms with van der Waals surface area (Å²) in [6.07, 6.45) is 2.00. The summed E-state index contributed by atoms with van der Waals surface area (Å²) in [6.45, 7) is 12.2. The van der Waals surface area contributed by atoms with Gasteiger partial charge in [0.15, 0.2) is 0 Å². The number of rotatable bonds is 4. The fourth-order valence-electron chi connectivity index (χ4n) is 0.809. The van der Waals surface area contributed by atoms with Gasteiger partial charge >= 0.3 is 0 Å². The lowest BCUT2D eigenvalue weighted by Gasteiger charge is -2.26. The van der Waals surface area contributed by atoms with Crippen molar-refractivity contribution in [2.75, 3.05) is 0 Å². The minimum Gasteiger partial charge on any atom is -0.313 e. The molecule has 2 nitrogen and oxygen atoms in total. The van der Waals surface area contributed by atoms with E-state index in [2.05, 4.69) is 13.8 Å². The quantitative estimate of drug-likeness (QED) is 0.663. The van der Waals surface area contributed by atoms with Crippen LogP contribution in [0.3, 0.4) is 0 Å². The van der Waals surface area contributed by atoms with E-state index in [1.165, 1.54) is 5.06 Å². The molecule has 0 radical (unpaired) electrons. The molecule has 2 unspecified atom stereocenters. The van der Waals surface area contributed by atoms with Gasteiger partial charge in [-0.05, 0) is 26.7 Å². The molecule has 0 aromatic carbocycles. The number of hydrogen-bond donors (Lipinski definition) is 1. The van der Waals surface area contributed by atoms with Crippen molar-refractivity contribution < 1.29 is 5.21 Å². The van der Waals surface area contributed by atoms with E-state index in [0.29, 0.717) is 0 Å². The van der Waals surface area contributed by atoms with Crippen molar-refractivity contribution in [3.8, 4) is 0 Å². The molecule has 0 saturated carbocycles. The SMILES string of the molecule is CC.CCC(C)N(O)C(C)CC. The van der Waals surface area contributed by atoms with Gasteiger partial charge in [0.05, 0.1) is 0 Å². The zero-order chi connectivity index (χ0) is 10.1. The van der Waals surface area contributed by atoms with Crippen molar-refractivity contribution in [1.29, 1.82) is 0 Å². The maximum Gasteiger partial charge on any atom is 0.0322 e. The smallest absolute Gasteiger partial charge is 0.0322 e. The van der Waals surface area contributed by atoms with E-state index in [1.54, 1.807) is 0 Å². The molecule has 0 heterocycles. The van der Waals surface area contributed by atoms with Crippen LogP contribution in [0, 0.1) is 0 Å². The maximum atomic E-state index is 9.42. The second-order valence-corrected chi connectivity index (χ2v) is 2.89. The molecule has 2 heteroatoms. The van der Waals surface area contributed by atoms with Gasteiger partial charge in [-0.25, -0.2) is 0 Å². The van der Waals surface area contributed by atoms with Crippen LogP contribution in [0.15, 0.2) is 0 Å². The number of hydrogen-bond acceptors (Lipinski definition) is 2. The Bertz CT molecular complexity index is 75.9.